The van der Waals surface area contributed by atoms with Crippen LogP contribution in [-0.4, -0.2) is 12.1 Å². The van der Waals surface area contributed by atoms with Gasteiger partial charge < -0.3 is 4.74 Å². The van der Waals surface area contributed by atoms with Crippen LogP contribution in [-0.2, 0) is 9.53 Å². The van der Waals surface area contributed by atoms with Crippen molar-refractivity contribution in [1.29, 1.82) is 0 Å². The van der Waals surface area contributed by atoms with Crippen LogP contribution < -0.4 is 0 Å². The number of hydrogen-bond donors (Lipinski definition) is 0. The van der Waals surface area contributed by atoms with E-state index in [-0.39, 0.29) is 5.97 Å². The van der Waals surface area contributed by atoms with Gasteiger partial charge in [0.1, 0.15) is 6.10 Å². The quantitative estimate of drug-likeness (QED) is 0.367. The van der Waals surface area contributed by atoms with E-state index in [1.165, 1.54) is 6.92 Å². The van der Waals surface area contributed by atoms with Crippen molar-refractivity contribution in [2.24, 2.45) is 0 Å². The SMILES string of the molecule is C=C=C(CC=C)[C@@H](C=C)OC(C)=O. The summed E-state index contributed by atoms with van der Waals surface area (Å²) in [5, 5.41) is 0. The first kappa shape index (κ1) is 11.5. The molecule has 0 aromatic rings. The third-order valence-electron chi connectivity index (χ3n) is 1.44. The predicted molar refractivity (Wildman–Crippen MR) is 53.2 cm³/mol. The minimum Gasteiger partial charge on any atom is -0.453 e. The van der Waals surface area contributed by atoms with Crippen LogP contribution in [0.25, 0.3) is 0 Å². The molecule has 0 saturated heterocycles. The summed E-state index contributed by atoms with van der Waals surface area (Å²) in [6.45, 7) is 12.0. The molecule has 0 saturated carbocycles. The molecule has 0 N–H and O–H groups in total. The van der Waals surface area contributed by atoms with Gasteiger partial charge in [0.15, 0.2) is 0 Å². The summed E-state index contributed by atoms with van der Waals surface area (Å²) in [5.41, 5.74) is 3.47. The van der Waals surface area contributed by atoms with Gasteiger partial charge in [-0.15, -0.1) is 12.3 Å². The smallest absolute Gasteiger partial charge is 0.303 e. The Morgan fingerprint density at radius 1 is 1.62 bits per heavy atom. The fourth-order valence-electron chi connectivity index (χ4n) is 0.885. The van der Waals surface area contributed by atoms with Gasteiger partial charge in [0, 0.05) is 12.5 Å². The fraction of sp³-hybridized carbons (Fsp3) is 0.273. The van der Waals surface area contributed by atoms with Gasteiger partial charge >= 0.3 is 5.97 Å². The van der Waals surface area contributed by atoms with Crippen molar-refractivity contribution in [2.75, 3.05) is 0 Å². The fourth-order valence-corrected chi connectivity index (χ4v) is 0.885. The molecule has 0 fully saturated rings. The number of esters is 1. The highest BCUT2D eigenvalue weighted by molar-refractivity contribution is 5.66. The molecule has 1 atom stereocenters. The van der Waals surface area contributed by atoms with Gasteiger partial charge in [0.2, 0.25) is 0 Å². The van der Waals surface area contributed by atoms with Gasteiger partial charge in [-0.25, -0.2) is 0 Å². The number of carbonyl (C=O) groups excluding carboxylic acids is 1. The molecule has 0 aromatic heterocycles. The van der Waals surface area contributed by atoms with Crippen LogP contribution in [0.3, 0.4) is 0 Å². The van der Waals surface area contributed by atoms with Crippen molar-refractivity contribution in [2.45, 2.75) is 19.4 Å². The topological polar surface area (TPSA) is 26.3 Å². The Kier molecular flexibility index (Phi) is 5.33. The van der Waals surface area contributed by atoms with Gasteiger partial charge in [-0.05, 0) is 12.5 Å². The van der Waals surface area contributed by atoms with Crippen LogP contribution in [0.2, 0.25) is 0 Å². The van der Waals surface area contributed by atoms with Crippen LogP contribution in [0.4, 0.5) is 0 Å². The molecular formula is C11H14O2. The molecule has 0 aromatic carbocycles. The Balaban J connectivity index is 4.53. The number of rotatable bonds is 5. The van der Waals surface area contributed by atoms with E-state index in [1.807, 2.05) is 0 Å². The lowest BCUT2D eigenvalue weighted by molar-refractivity contribution is -0.142. The maximum Gasteiger partial charge on any atom is 0.303 e. The normalized spacial score (nSPS) is 10.8. The summed E-state index contributed by atoms with van der Waals surface area (Å²) in [5.74, 6) is -0.346. The van der Waals surface area contributed by atoms with Crippen LogP contribution in [0.1, 0.15) is 13.3 Å². The third kappa shape index (κ3) is 4.14. The largest absolute Gasteiger partial charge is 0.453 e. The van der Waals surface area contributed by atoms with E-state index in [1.54, 1.807) is 12.2 Å². The highest BCUT2D eigenvalue weighted by atomic mass is 16.5. The Hall–Kier alpha value is -1.53. The van der Waals surface area contributed by atoms with E-state index >= 15 is 0 Å². The first-order valence-corrected chi connectivity index (χ1v) is 3.95. The van der Waals surface area contributed by atoms with Crippen LogP contribution in [0.5, 0.6) is 0 Å². The lowest BCUT2D eigenvalue weighted by Gasteiger charge is -2.13. The summed E-state index contributed by atoms with van der Waals surface area (Å²) in [6.07, 6.45) is 3.40. The van der Waals surface area contributed by atoms with Gasteiger partial charge in [-0.1, -0.05) is 19.2 Å². The lowest BCUT2D eigenvalue weighted by atomic mass is 10.1. The van der Waals surface area contributed by atoms with Gasteiger partial charge in [0.05, 0.1) is 0 Å². The molecule has 2 heteroatoms. The van der Waals surface area contributed by atoms with E-state index < -0.39 is 6.10 Å². The van der Waals surface area contributed by atoms with E-state index in [4.69, 9.17) is 4.74 Å². The molecule has 0 unspecified atom stereocenters. The molecule has 13 heavy (non-hydrogen) atoms. The molecule has 0 rings (SSSR count). The van der Waals surface area contributed by atoms with Crippen molar-refractivity contribution in [3.05, 3.63) is 43.2 Å². The van der Waals surface area contributed by atoms with E-state index in [2.05, 4.69) is 25.5 Å². The standard InChI is InChI=1S/C11H14O2/c1-5-8-10(6-2)11(7-3)13-9(4)12/h5,7,11H,1-3,8H2,4H3/t11-/m1/s1. The van der Waals surface area contributed by atoms with Crippen molar-refractivity contribution < 1.29 is 9.53 Å². The molecule has 2 nitrogen and oxygen atoms in total. The zero-order valence-corrected chi connectivity index (χ0v) is 7.88. The molecule has 0 amide bonds. The zero-order chi connectivity index (χ0) is 10.3. The van der Waals surface area contributed by atoms with Gasteiger partial charge in [-0.3, -0.25) is 4.79 Å². The Morgan fingerprint density at radius 2 is 2.23 bits per heavy atom. The molecular weight excluding hydrogens is 164 g/mol. The molecule has 0 aliphatic rings. The Morgan fingerprint density at radius 3 is 2.54 bits per heavy atom. The average Bonchev–Trinajstić information content (AvgIpc) is 2.10. The summed E-state index contributed by atoms with van der Waals surface area (Å²) in [6, 6.07) is 0. The zero-order valence-electron chi connectivity index (χ0n) is 7.88. The highest BCUT2D eigenvalue weighted by Crippen LogP contribution is 2.11. The van der Waals surface area contributed by atoms with Crippen molar-refractivity contribution >= 4 is 5.97 Å². The van der Waals surface area contributed by atoms with Crippen molar-refractivity contribution in [1.82, 2.24) is 0 Å². The molecule has 0 aliphatic heterocycles. The van der Waals surface area contributed by atoms with E-state index in [0.29, 0.717) is 6.42 Å². The van der Waals surface area contributed by atoms with Gasteiger partial charge in [-0.2, -0.15) is 0 Å². The average molecular weight is 178 g/mol. The van der Waals surface area contributed by atoms with Crippen LogP contribution >= 0.6 is 0 Å². The third-order valence-corrected chi connectivity index (χ3v) is 1.44. The lowest BCUT2D eigenvalue weighted by Crippen LogP contribution is -2.15. The molecule has 0 heterocycles. The molecule has 0 aliphatic carbocycles. The molecule has 0 bridgehead atoms. The minimum atomic E-state index is -0.437. The second-order valence-electron chi connectivity index (χ2n) is 2.46. The number of ether oxygens (including phenoxy) is 1. The summed E-state index contributed by atoms with van der Waals surface area (Å²) < 4.78 is 4.96. The second kappa shape index (κ2) is 6.04. The van der Waals surface area contributed by atoms with E-state index in [9.17, 15) is 4.79 Å². The van der Waals surface area contributed by atoms with Crippen LogP contribution in [0.15, 0.2) is 43.2 Å². The maximum atomic E-state index is 10.7. The number of hydrogen-bond acceptors (Lipinski definition) is 2. The van der Waals surface area contributed by atoms with Gasteiger partial charge in [0.25, 0.3) is 0 Å². The highest BCUT2D eigenvalue weighted by Gasteiger charge is 2.11. The monoisotopic (exact) mass is 178 g/mol. The first-order valence-electron chi connectivity index (χ1n) is 3.95. The Labute approximate surface area is 78.9 Å². The number of carbonyl (C=O) groups is 1. The molecule has 0 radical (unpaired) electrons. The van der Waals surface area contributed by atoms with Crippen LogP contribution in [0, 0.1) is 0 Å². The second-order valence-corrected chi connectivity index (χ2v) is 2.46. The predicted octanol–water partition coefficient (Wildman–Crippen LogP) is 2.39. The minimum absolute atomic E-state index is 0.346. The first-order chi connectivity index (χ1) is 6.15. The summed E-state index contributed by atoms with van der Waals surface area (Å²) in [4.78, 5) is 10.7. The molecule has 0 spiro atoms. The van der Waals surface area contributed by atoms with Crippen molar-refractivity contribution in [3.63, 3.8) is 0 Å². The number of allylic oxidation sites excluding steroid dienone is 1. The van der Waals surface area contributed by atoms with E-state index in [0.717, 1.165) is 5.57 Å². The Bertz CT molecular complexity index is 257. The molecule has 70 valence electrons. The van der Waals surface area contributed by atoms with Crippen molar-refractivity contribution in [3.8, 4) is 0 Å². The summed E-state index contributed by atoms with van der Waals surface area (Å²) >= 11 is 0. The maximum absolute atomic E-state index is 10.7. The summed E-state index contributed by atoms with van der Waals surface area (Å²) in [7, 11) is 0.